The Morgan fingerprint density at radius 3 is 2.50 bits per heavy atom. The van der Waals surface area contributed by atoms with Gasteiger partial charge in [0, 0.05) is 12.2 Å². The summed E-state index contributed by atoms with van der Waals surface area (Å²) in [4.78, 5) is 24.2. The predicted octanol–water partition coefficient (Wildman–Crippen LogP) is 2.86. The van der Waals surface area contributed by atoms with Crippen molar-refractivity contribution >= 4 is 17.5 Å². The second kappa shape index (κ2) is 6.34. The van der Waals surface area contributed by atoms with Crippen molar-refractivity contribution in [2.45, 2.75) is 32.6 Å². The molecule has 0 spiro atoms. The maximum absolute atomic E-state index is 12.3. The zero-order valence-electron chi connectivity index (χ0n) is 13.5. The highest BCUT2D eigenvalue weighted by molar-refractivity contribution is 6.00. The number of amides is 2. The Hall–Kier alpha value is -2.10. The second-order valence-corrected chi connectivity index (χ2v) is 6.77. The SMILES string of the molecule is C=CCNC(=O)C1CC1C(=O)Nc1ccccc1C(C)(C)C. The van der Waals surface area contributed by atoms with Crippen LogP contribution in [0.3, 0.4) is 0 Å². The van der Waals surface area contributed by atoms with Gasteiger partial charge in [-0.1, -0.05) is 45.0 Å². The van der Waals surface area contributed by atoms with Gasteiger partial charge in [0.15, 0.2) is 0 Å². The van der Waals surface area contributed by atoms with Crippen LogP contribution in [0, 0.1) is 11.8 Å². The van der Waals surface area contributed by atoms with Crippen LogP contribution in [0.15, 0.2) is 36.9 Å². The first-order chi connectivity index (χ1) is 10.3. The normalized spacial score (nSPS) is 20.1. The van der Waals surface area contributed by atoms with E-state index in [0.717, 1.165) is 11.3 Å². The van der Waals surface area contributed by atoms with E-state index in [0.29, 0.717) is 13.0 Å². The molecule has 1 saturated carbocycles. The molecule has 1 aromatic rings. The maximum atomic E-state index is 12.3. The van der Waals surface area contributed by atoms with Crippen molar-refractivity contribution in [2.75, 3.05) is 11.9 Å². The molecule has 0 aliphatic heterocycles. The summed E-state index contributed by atoms with van der Waals surface area (Å²) >= 11 is 0. The van der Waals surface area contributed by atoms with Crippen molar-refractivity contribution in [1.29, 1.82) is 0 Å². The number of anilines is 1. The quantitative estimate of drug-likeness (QED) is 0.822. The molecule has 0 heterocycles. The maximum Gasteiger partial charge on any atom is 0.228 e. The molecule has 118 valence electrons. The van der Waals surface area contributed by atoms with E-state index in [4.69, 9.17) is 0 Å². The molecule has 22 heavy (non-hydrogen) atoms. The van der Waals surface area contributed by atoms with E-state index in [1.54, 1.807) is 6.08 Å². The van der Waals surface area contributed by atoms with Gasteiger partial charge in [-0.3, -0.25) is 9.59 Å². The van der Waals surface area contributed by atoms with Gasteiger partial charge >= 0.3 is 0 Å². The third kappa shape index (κ3) is 3.75. The molecule has 0 aromatic heterocycles. The van der Waals surface area contributed by atoms with Crippen LogP contribution in [0.1, 0.15) is 32.8 Å². The minimum atomic E-state index is -0.224. The first-order valence-corrected chi connectivity index (χ1v) is 7.63. The van der Waals surface area contributed by atoms with Crippen molar-refractivity contribution < 1.29 is 9.59 Å². The second-order valence-electron chi connectivity index (χ2n) is 6.77. The van der Waals surface area contributed by atoms with E-state index in [1.807, 2.05) is 24.3 Å². The first-order valence-electron chi connectivity index (χ1n) is 7.63. The minimum absolute atomic E-state index is 0.0475. The molecule has 1 aromatic carbocycles. The van der Waals surface area contributed by atoms with Crippen molar-refractivity contribution in [3.63, 3.8) is 0 Å². The summed E-state index contributed by atoms with van der Waals surface area (Å²) < 4.78 is 0. The largest absolute Gasteiger partial charge is 0.352 e. The highest BCUT2D eigenvalue weighted by Gasteiger charge is 2.48. The molecular weight excluding hydrogens is 276 g/mol. The van der Waals surface area contributed by atoms with Crippen LogP contribution in [-0.4, -0.2) is 18.4 Å². The molecule has 2 unspecified atom stereocenters. The molecule has 1 fully saturated rings. The monoisotopic (exact) mass is 300 g/mol. The summed E-state index contributed by atoms with van der Waals surface area (Å²) in [5.41, 5.74) is 1.88. The Bertz CT molecular complexity index is 587. The van der Waals surface area contributed by atoms with Gasteiger partial charge in [-0.15, -0.1) is 6.58 Å². The number of benzene rings is 1. The highest BCUT2D eigenvalue weighted by Crippen LogP contribution is 2.40. The van der Waals surface area contributed by atoms with E-state index < -0.39 is 0 Å². The molecule has 0 saturated heterocycles. The molecule has 2 atom stereocenters. The number of nitrogens with one attached hydrogen (secondary N) is 2. The van der Waals surface area contributed by atoms with Crippen LogP contribution in [0.4, 0.5) is 5.69 Å². The van der Waals surface area contributed by atoms with Crippen molar-refractivity contribution in [3.8, 4) is 0 Å². The molecule has 0 radical (unpaired) electrons. The summed E-state index contributed by atoms with van der Waals surface area (Å²) in [7, 11) is 0. The van der Waals surface area contributed by atoms with Gasteiger partial charge in [0.05, 0.1) is 11.8 Å². The lowest BCUT2D eigenvalue weighted by molar-refractivity contribution is -0.125. The van der Waals surface area contributed by atoms with E-state index in [-0.39, 0.29) is 29.1 Å². The number of para-hydroxylation sites is 1. The summed E-state index contributed by atoms with van der Waals surface area (Å²) in [6.45, 7) is 10.3. The fourth-order valence-corrected chi connectivity index (χ4v) is 2.55. The first kappa shape index (κ1) is 16.3. The molecule has 4 nitrogen and oxygen atoms in total. The molecular formula is C18H24N2O2. The summed E-state index contributed by atoms with van der Waals surface area (Å²) in [6.07, 6.45) is 2.25. The van der Waals surface area contributed by atoms with Crippen LogP contribution in [0.2, 0.25) is 0 Å². The topological polar surface area (TPSA) is 58.2 Å². The van der Waals surface area contributed by atoms with Crippen LogP contribution < -0.4 is 10.6 Å². The number of rotatable bonds is 5. The van der Waals surface area contributed by atoms with Crippen molar-refractivity contribution in [1.82, 2.24) is 5.32 Å². The molecule has 4 heteroatoms. The van der Waals surface area contributed by atoms with Gasteiger partial charge in [0.2, 0.25) is 11.8 Å². The van der Waals surface area contributed by atoms with Crippen LogP contribution in [0.5, 0.6) is 0 Å². The third-order valence-corrected chi connectivity index (χ3v) is 3.88. The lowest BCUT2D eigenvalue weighted by Gasteiger charge is -2.23. The van der Waals surface area contributed by atoms with Crippen LogP contribution in [-0.2, 0) is 15.0 Å². The summed E-state index contributed by atoms with van der Waals surface area (Å²) in [6, 6.07) is 7.81. The van der Waals surface area contributed by atoms with Gasteiger partial charge in [-0.2, -0.15) is 0 Å². The highest BCUT2D eigenvalue weighted by atomic mass is 16.2. The Morgan fingerprint density at radius 2 is 1.86 bits per heavy atom. The third-order valence-electron chi connectivity index (χ3n) is 3.88. The van der Waals surface area contributed by atoms with Crippen molar-refractivity contribution in [3.05, 3.63) is 42.5 Å². The van der Waals surface area contributed by atoms with E-state index in [1.165, 1.54) is 0 Å². The lowest BCUT2D eigenvalue weighted by Crippen LogP contribution is -2.27. The number of carbonyl (C=O) groups is 2. The Kier molecular flexibility index (Phi) is 4.69. The van der Waals surface area contributed by atoms with Crippen LogP contribution in [0.25, 0.3) is 0 Å². The number of carbonyl (C=O) groups excluding carboxylic acids is 2. The van der Waals surface area contributed by atoms with Crippen LogP contribution >= 0.6 is 0 Å². The fraction of sp³-hybridized carbons (Fsp3) is 0.444. The van der Waals surface area contributed by atoms with E-state index in [2.05, 4.69) is 38.0 Å². The van der Waals surface area contributed by atoms with E-state index >= 15 is 0 Å². The minimum Gasteiger partial charge on any atom is -0.352 e. The average molecular weight is 300 g/mol. The Morgan fingerprint density at radius 1 is 1.23 bits per heavy atom. The average Bonchev–Trinajstić information content (AvgIpc) is 3.24. The Labute approximate surface area is 132 Å². The molecule has 2 amide bonds. The van der Waals surface area contributed by atoms with Crippen molar-refractivity contribution in [2.24, 2.45) is 11.8 Å². The summed E-state index contributed by atoms with van der Waals surface area (Å²) in [5.74, 6) is -0.570. The molecule has 2 N–H and O–H groups in total. The molecule has 0 bridgehead atoms. The molecule has 1 aliphatic rings. The fourth-order valence-electron chi connectivity index (χ4n) is 2.55. The predicted molar refractivity (Wildman–Crippen MR) is 88.6 cm³/mol. The van der Waals surface area contributed by atoms with Gasteiger partial charge in [-0.25, -0.2) is 0 Å². The molecule has 1 aliphatic carbocycles. The lowest BCUT2D eigenvalue weighted by atomic mass is 9.86. The van der Waals surface area contributed by atoms with Gasteiger partial charge in [0.25, 0.3) is 0 Å². The number of hydrogen-bond acceptors (Lipinski definition) is 2. The zero-order chi connectivity index (χ0) is 16.3. The Balaban J connectivity index is 2.00. The van der Waals surface area contributed by atoms with Gasteiger partial charge in [0.1, 0.15) is 0 Å². The van der Waals surface area contributed by atoms with Gasteiger partial charge < -0.3 is 10.6 Å². The number of hydrogen-bond donors (Lipinski definition) is 2. The smallest absolute Gasteiger partial charge is 0.228 e. The van der Waals surface area contributed by atoms with E-state index in [9.17, 15) is 9.59 Å². The zero-order valence-corrected chi connectivity index (χ0v) is 13.5. The standard InChI is InChI=1S/C18H24N2O2/c1-5-10-19-16(21)12-11-13(12)17(22)20-15-9-7-6-8-14(15)18(2,3)4/h5-9,12-13H,1,10-11H2,2-4H3,(H,19,21)(H,20,22). The molecule has 2 rings (SSSR count). The summed E-state index contributed by atoms with van der Waals surface area (Å²) in [5, 5.41) is 5.72. The van der Waals surface area contributed by atoms with Gasteiger partial charge in [-0.05, 0) is 23.5 Å².